The molecule has 208 valence electrons. The molecule has 7 nitrogen and oxygen atoms in total. The minimum Gasteiger partial charge on any atom is -0.360 e. The number of anilines is 1. The molecule has 2 N–H and O–H groups in total. The van der Waals surface area contributed by atoms with Gasteiger partial charge in [0.2, 0.25) is 5.91 Å². The average molecular weight is 572 g/mol. The second-order valence-corrected chi connectivity index (χ2v) is 11.2. The van der Waals surface area contributed by atoms with E-state index in [1.807, 2.05) is 26.0 Å². The van der Waals surface area contributed by atoms with Crippen LogP contribution < -0.4 is 10.6 Å². The summed E-state index contributed by atoms with van der Waals surface area (Å²) in [6.45, 7) is 9.15. The summed E-state index contributed by atoms with van der Waals surface area (Å²) in [4.78, 5) is 27.5. The Morgan fingerprint density at radius 3 is 2.46 bits per heavy atom. The summed E-state index contributed by atoms with van der Waals surface area (Å²) in [5.74, 6) is 0.688. The highest BCUT2D eigenvalue weighted by molar-refractivity contribution is 6.39. The number of benzene rings is 2. The third-order valence-electron chi connectivity index (χ3n) is 7.21. The number of piperidine rings is 1. The Morgan fingerprint density at radius 1 is 1.08 bits per heavy atom. The first kappa shape index (κ1) is 29.1. The highest BCUT2D eigenvalue weighted by Gasteiger charge is 2.25. The van der Waals surface area contributed by atoms with Gasteiger partial charge >= 0.3 is 0 Å². The fourth-order valence-corrected chi connectivity index (χ4v) is 5.51. The Morgan fingerprint density at radius 2 is 1.77 bits per heavy atom. The summed E-state index contributed by atoms with van der Waals surface area (Å²) < 4.78 is 5.31. The summed E-state index contributed by atoms with van der Waals surface area (Å²) >= 11 is 12.7. The van der Waals surface area contributed by atoms with Gasteiger partial charge in [-0.15, -0.1) is 0 Å². The maximum atomic E-state index is 13.0. The largest absolute Gasteiger partial charge is 0.360 e. The van der Waals surface area contributed by atoms with E-state index in [2.05, 4.69) is 32.8 Å². The number of carbonyl (C=O) groups is 2. The van der Waals surface area contributed by atoms with E-state index >= 15 is 0 Å². The van der Waals surface area contributed by atoms with Gasteiger partial charge in [0.15, 0.2) is 0 Å². The quantitative estimate of drug-likeness (QED) is 0.258. The molecule has 1 saturated heterocycles. The molecule has 9 heteroatoms. The topological polar surface area (TPSA) is 87.5 Å². The van der Waals surface area contributed by atoms with E-state index in [-0.39, 0.29) is 17.7 Å². The highest BCUT2D eigenvalue weighted by atomic mass is 35.5. The van der Waals surface area contributed by atoms with Gasteiger partial charge in [0.25, 0.3) is 5.91 Å². The first-order valence-electron chi connectivity index (χ1n) is 13.6. The van der Waals surface area contributed by atoms with Gasteiger partial charge < -0.3 is 20.1 Å². The molecular weight excluding hydrogens is 535 g/mol. The SMILES string of the molecule is Cc1onc(-c2c(Cl)cccc2Cl)c1C(=O)NCCCCN1CCC(c2cccc(NC(=O)C(C)C)c2)CC1. The van der Waals surface area contributed by atoms with E-state index in [9.17, 15) is 9.59 Å². The lowest BCUT2D eigenvalue weighted by atomic mass is 9.89. The number of nitrogens with one attached hydrogen (secondary N) is 2. The van der Waals surface area contributed by atoms with Gasteiger partial charge in [-0.05, 0) is 88.0 Å². The van der Waals surface area contributed by atoms with Gasteiger partial charge in [0, 0.05) is 23.7 Å². The molecule has 4 rings (SSSR count). The number of hydrogen-bond acceptors (Lipinski definition) is 5. The van der Waals surface area contributed by atoms with Crippen molar-refractivity contribution in [1.82, 2.24) is 15.4 Å². The predicted molar refractivity (Wildman–Crippen MR) is 157 cm³/mol. The molecule has 1 aliphatic rings. The Kier molecular flexibility index (Phi) is 10.1. The molecule has 0 atom stereocenters. The standard InChI is InChI=1S/C30H36Cl2N4O3/c1-19(2)29(37)34-23-9-6-8-22(18-23)21-12-16-36(17-13-21)15-5-4-14-33-30(38)26-20(3)39-35-28(26)27-24(31)10-7-11-25(27)32/h6-11,18-19,21H,4-5,12-17H2,1-3H3,(H,33,38)(H,34,37). The maximum Gasteiger partial charge on any atom is 0.257 e. The molecule has 0 unspecified atom stereocenters. The summed E-state index contributed by atoms with van der Waals surface area (Å²) in [6.07, 6.45) is 4.06. The van der Waals surface area contributed by atoms with E-state index in [1.54, 1.807) is 25.1 Å². The third-order valence-corrected chi connectivity index (χ3v) is 7.84. The van der Waals surface area contributed by atoms with Crippen molar-refractivity contribution >= 4 is 40.7 Å². The number of halogens is 2. The number of rotatable bonds is 10. The van der Waals surface area contributed by atoms with Crippen molar-refractivity contribution in [2.24, 2.45) is 5.92 Å². The third kappa shape index (κ3) is 7.41. The highest BCUT2D eigenvalue weighted by Crippen LogP contribution is 2.36. The minimum absolute atomic E-state index is 0.0399. The van der Waals surface area contributed by atoms with Gasteiger partial charge in [0.1, 0.15) is 17.0 Å². The Hall–Kier alpha value is -2.87. The van der Waals surface area contributed by atoms with Crippen molar-refractivity contribution in [3.05, 3.63) is 69.4 Å². The molecule has 0 aliphatic carbocycles. The van der Waals surface area contributed by atoms with Gasteiger partial charge in [-0.3, -0.25) is 9.59 Å². The molecule has 0 radical (unpaired) electrons. The smallest absolute Gasteiger partial charge is 0.257 e. The van der Waals surface area contributed by atoms with Crippen LogP contribution in [0.4, 0.5) is 5.69 Å². The molecule has 1 fully saturated rings. The number of aromatic nitrogens is 1. The van der Waals surface area contributed by atoms with Crippen LogP contribution in [0.15, 0.2) is 47.0 Å². The zero-order valence-electron chi connectivity index (χ0n) is 22.7. The van der Waals surface area contributed by atoms with Gasteiger partial charge in [-0.1, -0.05) is 60.4 Å². The van der Waals surface area contributed by atoms with E-state index in [1.165, 1.54) is 5.56 Å². The van der Waals surface area contributed by atoms with Gasteiger partial charge in [-0.25, -0.2) is 0 Å². The van der Waals surface area contributed by atoms with Crippen molar-refractivity contribution in [3.63, 3.8) is 0 Å². The lowest BCUT2D eigenvalue weighted by molar-refractivity contribution is -0.118. The fraction of sp³-hybridized carbons (Fsp3) is 0.433. The molecule has 2 heterocycles. The van der Waals surface area contributed by atoms with Crippen LogP contribution in [0.25, 0.3) is 11.3 Å². The van der Waals surface area contributed by atoms with Crippen molar-refractivity contribution in [1.29, 1.82) is 0 Å². The van der Waals surface area contributed by atoms with E-state index in [4.69, 9.17) is 27.7 Å². The Labute approximate surface area is 240 Å². The number of carbonyl (C=O) groups excluding carboxylic acids is 2. The minimum atomic E-state index is -0.243. The second-order valence-electron chi connectivity index (χ2n) is 10.4. The molecule has 2 aromatic carbocycles. The molecule has 0 bridgehead atoms. The maximum absolute atomic E-state index is 13.0. The summed E-state index contributed by atoms with van der Waals surface area (Å²) in [6, 6.07) is 13.4. The van der Waals surface area contributed by atoms with Crippen molar-refractivity contribution in [2.75, 3.05) is 31.5 Å². The van der Waals surface area contributed by atoms with Gasteiger partial charge in [0.05, 0.1) is 10.0 Å². The fourth-order valence-electron chi connectivity index (χ4n) is 4.93. The van der Waals surface area contributed by atoms with E-state index in [0.29, 0.717) is 45.1 Å². The van der Waals surface area contributed by atoms with Crippen LogP contribution in [-0.4, -0.2) is 48.0 Å². The summed E-state index contributed by atoms with van der Waals surface area (Å²) in [7, 11) is 0. The molecule has 39 heavy (non-hydrogen) atoms. The molecule has 2 amide bonds. The molecule has 3 aromatic rings. The van der Waals surface area contributed by atoms with Crippen LogP contribution in [0.5, 0.6) is 0 Å². The number of unbranched alkanes of at least 4 members (excludes halogenated alkanes) is 1. The number of hydrogen-bond donors (Lipinski definition) is 2. The Bertz CT molecular complexity index is 1280. The lowest BCUT2D eigenvalue weighted by Gasteiger charge is -2.32. The molecule has 0 spiro atoms. The van der Waals surface area contributed by atoms with E-state index in [0.717, 1.165) is 51.0 Å². The summed E-state index contributed by atoms with van der Waals surface area (Å²) in [5.41, 5.74) is 3.38. The number of aryl methyl sites for hydroxylation is 1. The van der Waals surface area contributed by atoms with Crippen LogP contribution in [0.3, 0.4) is 0 Å². The Balaban J connectivity index is 1.21. The van der Waals surface area contributed by atoms with Crippen molar-refractivity contribution in [2.45, 2.75) is 52.4 Å². The van der Waals surface area contributed by atoms with Crippen molar-refractivity contribution < 1.29 is 14.1 Å². The zero-order valence-corrected chi connectivity index (χ0v) is 24.2. The number of likely N-dealkylation sites (tertiary alicyclic amines) is 1. The molecule has 0 saturated carbocycles. The first-order chi connectivity index (χ1) is 18.7. The molecule has 1 aromatic heterocycles. The van der Waals surface area contributed by atoms with Crippen LogP contribution in [0.2, 0.25) is 10.0 Å². The van der Waals surface area contributed by atoms with Crippen LogP contribution in [0, 0.1) is 12.8 Å². The van der Waals surface area contributed by atoms with Crippen LogP contribution in [-0.2, 0) is 4.79 Å². The second kappa shape index (κ2) is 13.5. The van der Waals surface area contributed by atoms with Crippen LogP contribution >= 0.6 is 23.2 Å². The number of nitrogens with zero attached hydrogens (tertiary/aromatic N) is 2. The van der Waals surface area contributed by atoms with Crippen molar-refractivity contribution in [3.8, 4) is 11.3 Å². The number of amides is 2. The summed E-state index contributed by atoms with van der Waals surface area (Å²) in [5, 5.41) is 10.9. The lowest BCUT2D eigenvalue weighted by Crippen LogP contribution is -2.34. The average Bonchev–Trinajstić information content (AvgIpc) is 3.29. The predicted octanol–water partition coefficient (Wildman–Crippen LogP) is 6.94. The molecular formula is C30H36Cl2N4O3. The zero-order chi connectivity index (χ0) is 27.9. The normalized spacial score (nSPS) is 14.5. The van der Waals surface area contributed by atoms with Crippen LogP contribution in [0.1, 0.15) is 67.1 Å². The van der Waals surface area contributed by atoms with E-state index < -0.39 is 0 Å². The monoisotopic (exact) mass is 570 g/mol. The van der Waals surface area contributed by atoms with Gasteiger partial charge in [-0.2, -0.15) is 0 Å². The molecule has 1 aliphatic heterocycles. The first-order valence-corrected chi connectivity index (χ1v) is 14.3.